The molecule has 0 radical (unpaired) electrons. The Morgan fingerprint density at radius 2 is 1.82 bits per heavy atom. The van der Waals surface area contributed by atoms with E-state index in [9.17, 15) is 9.18 Å². The fourth-order valence-electron chi connectivity index (χ4n) is 4.62. The van der Waals surface area contributed by atoms with Crippen molar-refractivity contribution >= 4 is 23.1 Å². The molecule has 1 saturated heterocycles. The van der Waals surface area contributed by atoms with Gasteiger partial charge in [0, 0.05) is 19.0 Å². The summed E-state index contributed by atoms with van der Waals surface area (Å²) in [5.74, 6) is -0.448. The first-order valence-electron chi connectivity index (χ1n) is 13.0. The van der Waals surface area contributed by atoms with Crippen LogP contribution in [0.4, 0.5) is 20.3 Å². The van der Waals surface area contributed by atoms with Crippen molar-refractivity contribution in [3.63, 3.8) is 0 Å². The smallest absolute Gasteiger partial charge is 0.262 e. The number of carbonyl (C=O) groups is 1. The third-order valence-electron chi connectivity index (χ3n) is 6.75. The molecule has 0 bridgehead atoms. The zero-order valence-corrected chi connectivity index (χ0v) is 23.0. The number of amides is 1. The Hall–Kier alpha value is -3.86. The molecular weight excluding hydrogens is 504 g/mol. The zero-order chi connectivity index (χ0) is 28.1. The fraction of sp³-hybridized carbons (Fsp3) is 0.429. The second kappa shape index (κ2) is 10.0. The van der Waals surface area contributed by atoms with E-state index in [1.165, 1.54) is 6.07 Å². The lowest BCUT2D eigenvalue weighted by Crippen LogP contribution is -2.37. The molecule has 206 valence electrons. The first-order chi connectivity index (χ1) is 18.4. The van der Waals surface area contributed by atoms with Crippen molar-refractivity contribution in [1.82, 2.24) is 24.4 Å². The molecule has 0 saturated carbocycles. The molecule has 4 aromatic rings. The number of hydrogen-bond acceptors (Lipinski definition) is 6. The van der Waals surface area contributed by atoms with Gasteiger partial charge in [-0.2, -0.15) is 14.0 Å². The molecule has 1 aliphatic rings. The van der Waals surface area contributed by atoms with Gasteiger partial charge in [-0.25, -0.2) is 14.1 Å². The number of fused-ring (bicyclic) bond motifs is 1. The number of rotatable bonds is 5. The fourth-order valence-corrected chi connectivity index (χ4v) is 4.62. The van der Waals surface area contributed by atoms with Crippen molar-refractivity contribution in [1.29, 1.82) is 0 Å². The number of carbonyl (C=O) groups excluding carboxylic acids is 1. The molecule has 9 nitrogen and oxygen atoms in total. The monoisotopic (exact) mass is 537 g/mol. The van der Waals surface area contributed by atoms with E-state index in [4.69, 9.17) is 14.8 Å². The van der Waals surface area contributed by atoms with E-state index < -0.39 is 23.2 Å². The van der Waals surface area contributed by atoms with E-state index in [-0.39, 0.29) is 17.2 Å². The van der Waals surface area contributed by atoms with Crippen LogP contribution < -0.4 is 10.2 Å². The van der Waals surface area contributed by atoms with E-state index in [1.54, 1.807) is 33.8 Å². The number of halogens is 2. The lowest BCUT2D eigenvalue weighted by atomic mass is 9.99. The molecule has 0 atom stereocenters. The molecule has 0 unspecified atom stereocenters. The Labute approximate surface area is 225 Å². The van der Waals surface area contributed by atoms with Crippen LogP contribution in [0.3, 0.4) is 0 Å². The van der Waals surface area contributed by atoms with Crippen molar-refractivity contribution in [2.75, 3.05) is 36.5 Å². The summed E-state index contributed by atoms with van der Waals surface area (Å²) in [5, 5.41) is 11.3. The van der Waals surface area contributed by atoms with E-state index in [0.717, 1.165) is 28.1 Å². The van der Waals surface area contributed by atoms with Gasteiger partial charge in [0.05, 0.1) is 30.6 Å². The quantitative estimate of drug-likeness (QED) is 0.379. The molecule has 39 heavy (non-hydrogen) atoms. The molecule has 1 N–H and O–H groups in total. The summed E-state index contributed by atoms with van der Waals surface area (Å²) in [4.78, 5) is 19.9. The van der Waals surface area contributed by atoms with Crippen molar-refractivity contribution < 1.29 is 18.3 Å². The van der Waals surface area contributed by atoms with Crippen LogP contribution >= 0.6 is 0 Å². The molecule has 3 aromatic heterocycles. The average molecular weight is 538 g/mol. The normalized spacial score (nSPS) is 14.4. The molecular formula is C28H33F2N7O2. The summed E-state index contributed by atoms with van der Waals surface area (Å²) in [6, 6.07) is 6.84. The molecule has 1 amide bonds. The highest BCUT2D eigenvalue weighted by Crippen LogP contribution is 2.33. The van der Waals surface area contributed by atoms with Gasteiger partial charge >= 0.3 is 0 Å². The van der Waals surface area contributed by atoms with Crippen LogP contribution in [0.15, 0.2) is 30.5 Å². The summed E-state index contributed by atoms with van der Waals surface area (Å²) in [5.41, 5.74) is 1.89. The number of anilines is 2. The molecule has 0 spiro atoms. The second-order valence-electron chi connectivity index (χ2n) is 11.1. The number of ether oxygens (including phenoxy) is 1. The van der Waals surface area contributed by atoms with Gasteiger partial charge in [-0.1, -0.05) is 13.8 Å². The van der Waals surface area contributed by atoms with E-state index in [0.29, 0.717) is 43.1 Å². The number of pyridine rings is 1. The maximum atomic E-state index is 15.1. The second-order valence-corrected chi connectivity index (χ2v) is 11.1. The van der Waals surface area contributed by atoms with Gasteiger partial charge in [-0.05, 0) is 68.7 Å². The van der Waals surface area contributed by atoms with Crippen molar-refractivity contribution in [2.24, 2.45) is 0 Å². The summed E-state index contributed by atoms with van der Waals surface area (Å²) >= 11 is 0. The Kier molecular flexibility index (Phi) is 6.88. The van der Waals surface area contributed by atoms with Gasteiger partial charge in [-0.3, -0.25) is 4.79 Å². The summed E-state index contributed by atoms with van der Waals surface area (Å²) in [6.45, 7) is 13.8. The number of morpholine rings is 1. The van der Waals surface area contributed by atoms with E-state index in [2.05, 4.69) is 15.3 Å². The number of hydrogen-bond donors (Lipinski definition) is 1. The summed E-state index contributed by atoms with van der Waals surface area (Å²) in [6.07, 6.45) is 1.16. The number of nitrogens with zero attached hydrogens (tertiary/aromatic N) is 6. The molecule has 1 aliphatic heterocycles. The van der Waals surface area contributed by atoms with Crippen LogP contribution in [-0.2, 0) is 10.3 Å². The minimum Gasteiger partial charge on any atom is -0.378 e. The maximum Gasteiger partial charge on any atom is 0.262 e. The number of benzene rings is 1. The van der Waals surface area contributed by atoms with Crippen LogP contribution in [0.1, 0.15) is 62.3 Å². The topological polar surface area (TPSA) is 89.6 Å². The van der Waals surface area contributed by atoms with Crippen molar-refractivity contribution in [3.05, 3.63) is 59.2 Å². The maximum absolute atomic E-state index is 15.1. The van der Waals surface area contributed by atoms with Gasteiger partial charge in [0.2, 0.25) is 5.95 Å². The standard InChI is InChI=1S/C28H33F2N7O2/c1-16(2)26-33-23-12-18(13-24(36(23)34-26)35-7-9-39-10-8-35)19-14-22(21(29)11-17(19)3)32-27(38)20-15-31-37(25(20)30)28(4,5)6/h11-16H,7-10H2,1-6H3,(H,32,38). The van der Waals surface area contributed by atoms with Gasteiger partial charge < -0.3 is 15.0 Å². The molecule has 11 heteroatoms. The minimum atomic E-state index is -0.778. The zero-order valence-electron chi connectivity index (χ0n) is 23.0. The van der Waals surface area contributed by atoms with Crippen LogP contribution in [0, 0.1) is 18.7 Å². The molecule has 1 fully saturated rings. The molecule has 0 aliphatic carbocycles. The largest absolute Gasteiger partial charge is 0.378 e. The predicted molar refractivity (Wildman–Crippen MR) is 145 cm³/mol. The van der Waals surface area contributed by atoms with Crippen LogP contribution in [0.2, 0.25) is 0 Å². The first-order valence-corrected chi connectivity index (χ1v) is 13.0. The van der Waals surface area contributed by atoms with Crippen molar-refractivity contribution in [2.45, 2.75) is 53.0 Å². The summed E-state index contributed by atoms with van der Waals surface area (Å²) < 4.78 is 38.5. The number of nitrogens with one attached hydrogen (secondary N) is 1. The highest BCUT2D eigenvalue weighted by molar-refractivity contribution is 6.04. The van der Waals surface area contributed by atoms with Crippen LogP contribution in [0.5, 0.6) is 0 Å². The predicted octanol–water partition coefficient (Wildman–Crippen LogP) is 5.15. The van der Waals surface area contributed by atoms with E-state index >= 15 is 4.39 Å². The summed E-state index contributed by atoms with van der Waals surface area (Å²) in [7, 11) is 0. The third kappa shape index (κ3) is 5.10. The van der Waals surface area contributed by atoms with Gasteiger partial charge in [0.25, 0.3) is 5.91 Å². The molecule has 5 rings (SSSR count). The van der Waals surface area contributed by atoms with Gasteiger partial charge in [0.15, 0.2) is 11.5 Å². The SMILES string of the molecule is Cc1cc(F)c(NC(=O)c2cnn(C(C)(C)C)c2F)cc1-c1cc(N2CCOCC2)n2nc(C(C)C)nc2c1. The average Bonchev–Trinajstić information content (AvgIpc) is 3.49. The highest BCUT2D eigenvalue weighted by atomic mass is 19.1. The lowest BCUT2D eigenvalue weighted by Gasteiger charge is -2.29. The molecule has 4 heterocycles. The van der Waals surface area contributed by atoms with Gasteiger partial charge in [-0.15, -0.1) is 5.10 Å². The number of aromatic nitrogens is 5. The number of aryl methyl sites for hydroxylation is 1. The van der Waals surface area contributed by atoms with E-state index in [1.807, 2.05) is 30.5 Å². The van der Waals surface area contributed by atoms with Crippen LogP contribution in [-0.4, -0.2) is 56.6 Å². The first kappa shape index (κ1) is 26.7. The Bertz CT molecular complexity index is 1550. The van der Waals surface area contributed by atoms with Crippen LogP contribution in [0.25, 0.3) is 16.8 Å². The Morgan fingerprint density at radius 3 is 2.46 bits per heavy atom. The molecule has 1 aromatic carbocycles. The van der Waals surface area contributed by atoms with Crippen molar-refractivity contribution in [3.8, 4) is 11.1 Å². The lowest BCUT2D eigenvalue weighted by molar-refractivity contribution is 0.102. The van der Waals surface area contributed by atoms with Gasteiger partial charge in [0.1, 0.15) is 17.2 Å². The Morgan fingerprint density at radius 1 is 1.10 bits per heavy atom. The minimum absolute atomic E-state index is 0.0550. The third-order valence-corrected chi connectivity index (χ3v) is 6.75. The Balaban J connectivity index is 1.56. The highest BCUT2D eigenvalue weighted by Gasteiger charge is 2.26.